The summed E-state index contributed by atoms with van der Waals surface area (Å²) in [6, 6.07) is 6.14. The number of amides is 1. The van der Waals surface area contributed by atoms with E-state index in [9.17, 15) is 4.79 Å². The molecule has 4 heteroatoms. The van der Waals surface area contributed by atoms with E-state index >= 15 is 0 Å². The normalized spacial score (nSPS) is 24.8. The minimum Gasteiger partial charge on any atom is -0.454 e. The quantitative estimate of drug-likeness (QED) is 0.816. The van der Waals surface area contributed by atoms with E-state index in [2.05, 4.69) is 12.1 Å². The summed E-state index contributed by atoms with van der Waals surface area (Å²) in [6.07, 6.45) is 3.23. The summed E-state index contributed by atoms with van der Waals surface area (Å²) in [5.41, 5.74) is 1.26. The lowest BCUT2D eigenvalue weighted by Gasteiger charge is -2.16. The molecule has 0 aromatic heterocycles. The molecule has 4 rings (SSSR count). The zero-order valence-corrected chi connectivity index (χ0v) is 10.8. The van der Waals surface area contributed by atoms with Crippen molar-refractivity contribution in [3.8, 4) is 11.5 Å². The molecule has 2 heterocycles. The molecule has 1 unspecified atom stereocenters. The lowest BCUT2D eigenvalue weighted by molar-refractivity contribution is -0.131. The van der Waals surface area contributed by atoms with E-state index < -0.39 is 0 Å². The fourth-order valence-electron chi connectivity index (χ4n) is 2.99. The first kappa shape index (κ1) is 11.1. The summed E-state index contributed by atoms with van der Waals surface area (Å²) in [7, 11) is 0. The second-order valence-electron chi connectivity index (χ2n) is 5.66. The minimum atomic E-state index is 0.315. The third-order valence-corrected chi connectivity index (χ3v) is 4.29. The predicted molar refractivity (Wildman–Crippen MR) is 69.2 cm³/mol. The number of nitrogens with zero attached hydrogens (tertiary/aromatic N) is 1. The van der Waals surface area contributed by atoms with Crippen molar-refractivity contribution in [1.82, 2.24) is 4.90 Å². The number of rotatable bonds is 2. The summed E-state index contributed by atoms with van der Waals surface area (Å²) >= 11 is 0. The van der Waals surface area contributed by atoms with Crippen LogP contribution in [0.15, 0.2) is 18.2 Å². The van der Waals surface area contributed by atoms with Gasteiger partial charge >= 0.3 is 0 Å². The van der Waals surface area contributed by atoms with Crippen molar-refractivity contribution < 1.29 is 14.3 Å². The molecule has 0 bridgehead atoms. The smallest absolute Gasteiger partial charge is 0.231 e. The van der Waals surface area contributed by atoms with Crippen molar-refractivity contribution in [2.24, 2.45) is 5.92 Å². The van der Waals surface area contributed by atoms with Crippen LogP contribution >= 0.6 is 0 Å². The Hall–Kier alpha value is -1.71. The first-order valence-electron chi connectivity index (χ1n) is 6.99. The fraction of sp³-hybridized carbons (Fsp3) is 0.533. The third kappa shape index (κ3) is 1.95. The molecule has 4 nitrogen and oxygen atoms in total. The molecule has 3 aliphatic rings. The van der Waals surface area contributed by atoms with Gasteiger partial charge in [0.15, 0.2) is 11.5 Å². The van der Waals surface area contributed by atoms with E-state index in [1.54, 1.807) is 0 Å². The highest BCUT2D eigenvalue weighted by Gasteiger charge is 2.37. The summed E-state index contributed by atoms with van der Waals surface area (Å²) in [6.45, 7) is 2.07. The van der Waals surface area contributed by atoms with Crippen LogP contribution in [0.2, 0.25) is 0 Å². The Balaban J connectivity index is 1.49. The molecular formula is C15H17NO3. The molecule has 19 heavy (non-hydrogen) atoms. The monoisotopic (exact) mass is 259 g/mol. The van der Waals surface area contributed by atoms with Crippen molar-refractivity contribution in [3.63, 3.8) is 0 Å². The average molecular weight is 259 g/mol. The van der Waals surface area contributed by atoms with Crippen LogP contribution in [0, 0.1) is 5.92 Å². The fourth-order valence-corrected chi connectivity index (χ4v) is 2.99. The van der Waals surface area contributed by atoms with Gasteiger partial charge in [-0.2, -0.15) is 0 Å². The molecule has 1 amide bonds. The Bertz CT molecular complexity index is 524. The molecule has 1 aliphatic carbocycles. The van der Waals surface area contributed by atoms with Crippen LogP contribution in [0.1, 0.15) is 30.7 Å². The van der Waals surface area contributed by atoms with Crippen LogP contribution in [-0.2, 0) is 4.79 Å². The van der Waals surface area contributed by atoms with E-state index in [0.717, 1.165) is 43.9 Å². The second kappa shape index (κ2) is 4.15. The van der Waals surface area contributed by atoms with Crippen LogP contribution < -0.4 is 9.47 Å². The molecule has 1 aromatic carbocycles. The van der Waals surface area contributed by atoms with Crippen LogP contribution in [0.4, 0.5) is 0 Å². The van der Waals surface area contributed by atoms with E-state index in [4.69, 9.17) is 9.47 Å². The van der Waals surface area contributed by atoms with Crippen LogP contribution in [0.25, 0.3) is 0 Å². The molecule has 100 valence electrons. The SMILES string of the molecule is O=C(C1CC1)N1CCC(c2ccc3c(c2)OCO3)C1. The second-order valence-corrected chi connectivity index (χ2v) is 5.66. The van der Waals surface area contributed by atoms with E-state index in [-0.39, 0.29) is 0 Å². The number of carbonyl (C=O) groups is 1. The summed E-state index contributed by atoms with van der Waals surface area (Å²) < 4.78 is 10.7. The third-order valence-electron chi connectivity index (χ3n) is 4.29. The van der Waals surface area contributed by atoms with Crippen LogP contribution in [-0.4, -0.2) is 30.7 Å². The zero-order valence-electron chi connectivity index (χ0n) is 10.8. The number of carbonyl (C=O) groups excluding carboxylic acids is 1. The summed E-state index contributed by atoms with van der Waals surface area (Å²) in [5, 5.41) is 0. The molecular weight excluding hydrogens is 242 g/mol. The Morgan fingerprint density at radius 1 is 1.16 bits per heavy atom. The molecule has 0 N–H and O–H groups in total. The highest BCUT2D eigenvalue weighted by Crippen LogP contribution is 2.38. The van der Waals surface area contributed by atoms with Gasteiger partial charge in [-0.1, -0.05) is 6.07 Å². The minimum absolute atomic E-state index is 0.315. The number of likely N-dealkylation sites (tertiary alicyclic amines) is 1. The van der Waals surface area contributed by atoms with Gasteiger partial charge in [0, 0.05) is 24.9 Å². The largest absolute Gasteiger partial charge is 0.454 e. The average Bonchev–Trinajstić information content (AvgIpc) is 2.99. The molecule has 1 saturated carbocycles. The van der Waals surface area contributed by atoms with E-state index in [0.29, 0.717) is 24.5 Å². The molecule has 1 atom stereocenters. The highest BCUT2D eigenvalue weighted by molar-refractivity contribution is 5.81. The molecule has 1 aromatic rings. The molecule has 0 spiro atoms. The van der Waals surface area contributed by atoms with Crippen molar-refractivity contribution in [2.45, 2.75) is 25.2 Å². The van der Waals surface area contributed by atoms with E-state index in [1.165, 1.54) is 5.56 Å². The molecule has 0 radical (unpaired) electrons. The first-order chi connectivity index (χ1) is 9.31. The topological polar surface area (TPSA) is 38.8 Å². The lowest BCUT2D eigenvalue weighted by atomic mass is 9.98. The summed E-state index contributed by atoms with van der Waals surface area (Å²) in [4.78, 5) is 14.1. The lowest BCUT2D eigenvalue weighted by Crippen LogP contribution is -2.29. The zero-order chi connectivity index (χ0) is 12.8. The van der Waals surface area contributed by atoms with Crippen molar-refractivity contribution >= 4 is 5.91 Å². The number of hydrogen-bond acceptors (Lipinski definition) is 3. The Kier molecular flexibility index (Phi) is 2.43. The van der Waals surface area contributed by atoms with Gasteiger partial charge < -0.3 is 14.4 Å². The van der Waals surface area contributed by atoms with Gasteiger partial charge in [-0.25, -0.2) is 0 Å². The number of benzene rings is 1. The van der Waals surface area contributed by atoms with Gasteiger partial charge in [0.25, 0.3) is 0 Å². The Morgan fingerprint density at radius 3 is 2.84 bits per heavy atom. The Morgan fingerprint density at radius 2 is 2.00 bits per heavy atom. The maximum absolute atomic E-state index is 12.1. The standard InChI is InChI=1S/C15H17NO3/c17-15(10-1-2-10)16-6-5-12(8-16)11-3-4-13-14(7-11)19-9-18-13/h3-4,7,10,12H,1-2,5-6,8-9H2. The van der Waals surface area contributed by atoms with Gasteiger partial charge in [0.2, 0.25) is 12.7 Å². The van der Waals surface area contributed by atoms with Gasteiger partial charge in [0.1, 0.15) is 0 Å². The number of fused-ring (bicyclic) bond motifs is 1. The summed E-state index contributed by atoms with van der Waals surface area (Å²) in [5.74, 6) is 2.80. The molecule has 1 saturated heterocycles. The van der Waals surface area contributed by atoms with E-state index in [1.807, 2.05) is 11.0 Å². The van der Waals surface area contributed by atoms with Crippen molar-refractivity contribution in [3.05, 3.63) is 23.8 Å². The molecule has 2 aliphatic heterocycles. The Labute approximate surface area is 112 Å². The predicted octanol–water partition coefficient (Wildman–Crippen LogP) is 2.14. The van der Waals surface area contributed by atoms with Crippen molar-refractivity contribution in [1.29, 1.82) is 0 Å². The van der Waals surface area contributed by atoms with Gasteiger partial charge in [-0.05, 0) is 37.0 Å². The molecule has 2 fully saturated rings. The number of ether oxygens (including phenoxy) is 2. The van der Waals surface area contributed by atoms with Gasteiger partial charge in [-0.15, -0.1) is 0 Å². The highest BCUT2D eigenvalue weighted by atomic mass is 16.7. The first-order valence-corrected chi connectivity index (χ1v) is 6.99. The number of hydrogen-bond donors (Lipinski definition) is 0. The van der Waals surface area contributed by atoms with Crippen molar-refractivity contribution in [2.75, 3.05) is 19.9 Å². The van der Waals surface area contributed by atoms with Crippen LogP contribution in [0.5, 0.6) is 11.5 Å². The van der Waals surface area contributed by atoms with Crippen LogP contribution in [0.3, 0.4) is 0 Å². The van der Waals surface area contributed by atoms with Gasteiger partial charge in [0.05, 0.1) is 0 Å². The maximum atomic E-state index is 12.1. The maximum Gasteiger partial charge on any atom is 0.231 e. The van der Waals surface area contributed by atoms with Gasteiger partial charge in [-0.3, -0.25) is 4.79 Å².